The summed E-state index contributed by atoms with van der Waals surface area (Å²) in [4.78, 5) is 17.4. The lowest BCUT2D eigenvalue weighted by atomic mass is 10.0. The quantitative estimate of drug-likeness (QED) is 0.404. The number of sulfonamides is 1. The van der Waals surface area contributed by atoms with Crippen LogP contribution < -0.4 is 19.1 Å². The molecule has 0 saturated heterocycles. The van der Waals surface area contributed by atoms with Crippen LogP contribution in [-0.2, 0) is 16.4 Å². The first-order chi connectivity index (χ1) is 16.9. The van der Waals surface area contributed by atoms with Gasteiger partial charge in [0.15, 0.2) is 5.13 Å². The van der Waals surface area contributed by atoms with Crippen molar-refractivity contribution in [3.05, 3.63) is 71.8 Å². The number of aromatic nitrogens is 1. The number of para-hydroxylation sites is 1. The fourth-order valence-corrected chi connectivity index (χ4v) is 6.57. The van der Waals surface area contributed by atoms with Crippen LogP contribution in [0.3, 0.4) is 0 Å². The minimum Gasteiger partial charge on any atom is -0.497 e. The van der Waals surface area contributed by atoms with Crippen molar-refractivity contribution in [3.63, 3.8) is 0 Å². The summed E-state index contributed by atoms with van der Waals surface area (Å²) in [5, 5.41) is 3.18. The van der Waals surface area contributed by atoms with E-state index in [9.17, 15) is 13.2 Å². The van der Waals surface area contributed by atoms with E-state index >= 15 is 0 Å². The number of carbonyl (C=O) groups excluding carboxylic acids is 1. The van der Waals surface area contributed by atoms with Crippen molar-refractivity contribution in [3.8, 4) is 11.5 Å². The van der Waals surface area contributed by atoms with Crippen LogP contribution in [-0.4, -0.2) is 40.1 Å². The summed E-state index contributed by atoms with van der Waals surface area (Å²) in [5.74, 6) is 0.788. The van der Waals surface area contributed by atoms with E-state index in [4.69, 9.17) is 9.47 Å². The minimum absolute atomic E-state index is 0.141. The molecular weight excluding hydrogens is 486 g/mol. The van der Waals surface area contributed by atoms with Crippen LogP contribution in [0, 0.1) is 0 Å². The van der Waals surface area contributed by atoms with E-state index < -0.39 is 10.0 Å². The van der Waals surface area contributed by atoms with Gasteiger partial charge in [0.2, 0.25) is 0 Å². The second kappa shape index (κ2) is 9.20. The number of hydrogen-bond acceptors (Lipinski definition) is 7. The van der Waals surface area contributed by atoms with Crippen LogP contribution in [0.2, 0.25) is 0 Å². The van der Waals surface area contributed by atoms with Gasteiger partial charge in [0.1, 0.15) is 17.0 Å². The second-order valence-corrected chi connectivity index (χ2v) is 10.9. The first kappa shape index (κ1) is 23.1. The Morgan fingerprint density at radius 1 is 1.06 bits per heavy atom. The number of amides is 1. The lowest BCUT2D eigenvalue weighted by Gasteiger charge is -2.30. The first-order valence-corrected chi connectivity index (χ1v) is 13.2. The van der Waals surface area contributed by atoms with Gasteiger partial charge < -0.3 is 9.47 Å². The van der Waals surface area contributed by atoms with Crippen LogP contribution in [0.4, 0.5) is 10.8 Å². The predicted octanol–water partition coefficient (Wildman–Crippen LogP) is 4.71. The molecule has 8 nitrogen and oxygen atoms in total. The van der Waals surface area contributed by atoms with Gasteiger partial charge in [-0.05, 0) is 54.8 Å². The van der Waals surface area contributed by atoms with Crippen molar-refractivity contribution in [1.82, 2.24) is 4.98 Å². The smallest absolute Gasteiger partial charge is 0.264 e. The molecule has 0 spiro atoms. The third-order valence-electron chi connectivity index (χ3n) is 5.88. The molecule has 0 fully saturated rings. The number of nitrogens with one attached hydrogen (secondary N) is 1. The molecule has 1 aliphatic rings. The zero-order valence-electron chi connectivity index (χ0n) is 19.1. The Kier molecular flexibility index (Phi) is 6.08. The third-order valence-corrected chi connectivity index (χ3v) is 8.63. The molecule has 3 aromatic carbocycles. The summed E-state index contributed by atoms with van der Waals surface area (Å²) in [6, 6.07) is 17.0. The van der Waals surface area contributed by atoms with E-state index in [0.717, 1.165) is 23.1 Å². The molecular formula is C25H23N3O5S2. The van der Waals surface area contributed by atoms with Crippen LogP contribution in [0.1, 0.15) is 22.3 Å². The molecule has 2 heterocycles. The number of thiazole rings is 1. The van der Waals surface area contributed by atoms with Crippen LogP contribution in [0.25, 0.3) is 10.2 Å². The average Bonchev–Trinajstić information content (AvgIpc) is 3.30. The highest BCUT2D eigenvalue weighted by Gasteiger charge is 2.29. The molecule has 0 radical (unpaired) electrons. The largest absolute Gasteiger partial charge is 0.497 e. The summed E-state index contributed by atoms with van der Waals surface area (Å²) in [6.45, 7) is 0.424. The van der Waals surface area contributed by atoms with Crippen LogP contribution >= 0.6 is 11.3 Å². The van der Waals surface area contributed by atoms with Gasteiger partial charge in [-0.15, -0.1) is 0 Å². The lowest BCUT2D eigenvalue weighted by molar-refractivity contribution is 0.102. The number of benzene rings is 3. The molecule has 1 aromatic heterocycles. The van der Waals surface area contributed by atoms with Crippen molar-refractivity contribution >= 4 is 48.3 Å². The summed E-state index contributed by atoms with van der Waals surface area (Å²) < 4.78 is 39.6. The van der Waals surface area contributed by atoms with E-state index in [1.165, 1.54) is 39.9 Å². The first-order valence-electron chi connectivity index (χ1n) is 11.0. The summed E-state index contributed by atoms with van der Waals surface area (Å²) in [6.07, 6.45) is 1.61. The van der Waals surface area contributed by atoms with Crippen molar-refractivity contribution in [2.24, 2.45) is 0 Å². The minimum atomic E-state index is -3.74. The Balaban J connectivity index is 1.37. The van der Waals surface area contributed by atoms with Gasteiger partial charge in [-0.3, -0.25) is 14.4 Å². The summed E-state index contributed by atoms with van der Waals surface area (Å²) in [5.41, 5.74) is 2.68. The van der Waals surface area contributed by atoms with Crippen molar-refractivity contribution < 1.29 is 22.7 Å². The predicted molar refractivity (Wildman–Crippen MR) is 136 cm³/mol. The topological polar surface area (TPSA) is 97.8 Å². The number of nitrogens with zero attached hydrogens (tertiary/aromatic N) is 2. The molecule has 1 aliphatic heterocycles. The maximum absolute atomic E-state index is 13.3. The molecule has 10 heteroatoms. The number of fused-ring (bicyclic) bond motifs is 2. The molecule has 0 saturated carbocycles. The molecule has 5 rings (SSSR count). The van der Waals surface area contributed by atoms with Gasteiger partial charge in [-0.25, -0.2) is 13.4 Å². The monoisotopic (exact) mass is 509 g/mol. The van der Waals surface area contributed by atoms with Gasteiger partial charge in [0.05, 0.1) is 29.5 Å². The molecule has 35 heavy (non-hydrogen) atoms. The Morgan fingerprint density at radius 3 is 2.57 bits per heavy atom. The summed E-state index contributed by atoms with van der Waals surface area (Å²) >= 11 is 1.29. The third kappa shape index (κ3) is 4.30. The normalized spacial score (nSPS) is 13.4. The maximum Gasteiger partial charge on any atom is 0.264 e. The standard InChI is InChI=1S/C25H23N3O5S2/c1-32-18-14-21(33-2)23-22(15-18)34-25(26-23)27-24(29)17-9-11-19(12-10-17)35(30,31)28-13-5-7-16-6-3-4-8-20(16)28/h3-4,6,8-12,14-15H,5,7,13H2,1-2H3,(H,26,27,29). The molecule has 1 amide bonds. The number of ether oxygens (including phenoxy) is 2. The second-order valence-electron chi connectivity index (χ2n) is 7.98. The van der Waals surface area contributed by atoms with Crippen LogP contribution in [0.15, 0.2) is 65.6 Å². The highest BCUT2D eigenvalue weighted by atomic mass is 32.2. The molecule has 0 bridgehead atoms. The van der Waals surface area contributed by atoms with Crippen molar-refractivity contribution in [2.45, 2.75) is 17.7 Å². The van der Waals surface area contributed by atoms with Crippen molar-refractivity contribution in [2.75, 3.05) is 30.4 Å². The van der Waals surface area contributed by atoms with Gasteiger partial charge >= 0.3 is 0 Å². The van der Waals surface area contributed by atoms with Gasteiger partial charge in [0.25, 0.3) is 15.9 Å². The zero-order valence-corrected chi connectivity index (χ0v) is 20.8. The molecule has 0 aliphatic carbocycles. The number of anilines is 2. The Bertz CT molecular complexity index is 1510. The van der Waals surface area contributed by atoms with E-state index in [0.29, 0.717) is 39.9 Å². The fraction of sp³-hybridized carbons (Fsp3) is 0.200. The molecule has 1 N–H and O–H groups in total. The molecule has 0 unspecified atom stereocenters. The highest BCUT2D eigenvalue weighted by molar-refractivity contribution is 7.92. The maximum atomic E-state index is 13.3. The number of aryl methyl sites for hydroxylation is 1. The number of rotatable bonds is 6. The summed E-state index contributed by atoms with van der Waals surface area (Å²) in [7, 11) is -0.630. The van der Waals surface area contributed by atoms with E-state index in [1.54, 1.807) is 20.3 Å². The SMILES string of the molecule is COc1cc(OC)c2nc(NC(=O)c3ccc(S(=O)(=O)N4CCCc5ccccc54)cc3)sc2c1. The van der Waals surface area contributed by atoms with E-state index in [1.807, 2.05) is 30.3 Å². The van der Waals surface area contributed by atoms with Crippen molar-refractivity contribution in [1.29, 1.82) is 0 Å². The number of carbonyl (C=O) groups is 1. The van der Waals surface area contributed by atoms with Gasteiger partial charge in [-0.2, -0.15) is 0 Å². The fourth-order valence-electron chi connectivity index (χ4n) is 4.13. The Labute approximate surface area is 207 Å². The van der Waals surface area contributed by atoms with E-state index in [-0.39, 0.29) is 10.8 Å². The zero-order chi connectivity index (χ0) is 24.6. The lowest BCUT2D eigenvalue weighted by Crippen LogP contribution is -2.35. The molecule has 180 valence electrons. The van der Waals surface area contributed by atoms with Gasteiger partial charge in [0, 0.05) is 18.2 Å². The Morgan fingerprint density at radius 2 is 1.83 bits per heavy atom. The number of hydrogen-bond donors (Lipinski definition) is 1. The van der Waals surface area contributed by atoms with E-state index in [2.05, 4.69) is 10.3 Å². The Hall–Kier alpha value is -3.63. The molecule has 4 aromatic rings. The molecule has 0 atom stereocenters. The van der Waals surface area contributed by atoms with Gasteiger partial charge in [-0.1, -0.05) is 29.5 Å². The van der Waals surface area contributed by atoms with Crippen LogP contribution in [0.5, 0.6) is 11.5 Å². The highest BCUT2D eigenvalue weighted by Crippen LogP contribution is 2.36. The average molecular weight is 510 g/mol. The number of methoxy groups -OCH3 is 2.